The number of quaternary nitrogens is 1. The molecule has 3 N–H and O–H groups in total. The minimum atomic E-state index is 0.897. The largest absolute Gasteiger partial charge is 0.354 e. The second kappa shape index (κ2) is 4.94. The van der Waals surface area contributed by atoms with E-state index in [1.54, 1.807) is 0 Å². The van der Waals surface area contributed by atoms with Gasteiger partial charge in [-0.2, -0.15) is 0 Å². The zero-order chi connectivity index (χ0) is 8.81. The molecule has 1 heteroatoms. The summed E-state index contributed by atoms with van der Waals surface area (Å²) in [6.45, 7) is 3.12. The fraction of sp³-hybridized carbons (Fsp3) is 0.455. The molecule has 1 nitrogen and oxygen atoms in total. The fourth-order valence-corrected chi connectivity index (χ4v) is 1.25. The highest BCUT2D eigenvalue weighted by molar-refractivity contribution is 5.21. The third kappa shape index (κ3) is 2.67. The SMILES string of the molecule is CCCCc1ccc(C[NH3+])cc1. The quantitative estimate of drug-likeness (QED) is 0.702. The molecular weight excluding hydrogens is 146 g/mol. The van der Waals surface area contributed by atoms with Gasteiger partial charge in [0.15, 0.2) is 0 Å². The molecule has 0 saturated heterocycles. The first kappa shape index (κ1) is 9.27. The summed E-state index contributed by atoms with van der Waals surface area (Å²) < 4.78 is 0. The van der Waals surface area contributed by atoms with E-state index in [2.05, 4.69) is 36.9 Å². The lowest BCUT2D eigenvalue weighted by atomic mass is 10.1. The van der Waals surface area contributed by atoms with Gasteiger partial charge in [-0.15, -0.1) is 0 Å². The Balaban J connectivity index is 2.53. The van der Waals surface area contributed by atoms with Crippen LogP contribution >= 0.6 is 0 Å². The van der Waals surface area contributed by atoms with Crippen molar-refractivity contribution in [2.24, 2.45) is 0 Å². The van der Waals surface area contributed by atoms with Gasteiger partial charge in [0.25, 0.3) is 0 Å². The molecule has 0 fully saturated rings. The highest BCUT2D eigenvalue weighted by Gasteiger charge is 1.93. The normalized spacial score (nSPS) is 10.2. The minimum absolute atomic E-state index is 0.897. The second-order valence-corrected chi connectivity index (χ2v) is 3.17. The van der Waals surface area contributed by atoms with E-state index in [4.69, 9.17) is 0 Å². The number of benzene rings is 1. The molecular formula is C11H18N+. The van der Waals surface area contributed by atoms with E-state index in [1.165, 1.54) is 30.4 Å². The summed E-state index contributed by atoms with van der Waals surface area (Å²) in [5.41, 5.74) is 6.63. The van der Waals surface area contributed by atoms with Gasteiger partial charge in [0, 0.05) is 5.56 Å². The molecule has 0 atom stereocenters. The molecule has 0 aliphatic carbocycles. The number of unbranched alkanes of at least 4 members (excludes halogenated alkanes) is 1. The summed E-state index contributed by atoms with van der Waals surface area (Å²) >= 11 is 0. The standard InChI is InChI=1S/C11H17N/c1-2-3-4-10-5-7-11(9-12)8-6-10/h5-8H,2-4,9,12H2,1H3/p+1. The molecule has 66 valence electrons. The summed E-state index contributed by atoms with van der Waals surface area (Å²) in [5.74, 6) is 0. The second-order valence-electron chi connectivity index (χ2n) is 3.17. The topological polar surface area (TPSA) is 27.6 Å². The van der Waals surface area contributed by atoms with Crippen molar-refractivity contribution in [2.75, 3.05) is 0 Å². The fourth-order valence-electron chi connectivity index (χ4n) is 1.25. The molecule has 0 amide bonds. The van der Waals surface area contributed by atoms with Crippen LogP contribution in [0, 0.1) is 0 Å². The van der Waals surface area contributed by atoms with Crippen LogP contribution in [-0.2, 0) is 13.0 Å². The lowest BCUT2D eigenvalue weighted by molar-refractivity contribution is -0.386. The molecule has 1 aromatic carbocycles. The van der Waals surface area contributed by atoms with Crippen molar-refractivity contribution in [2.45, 2.75) is 32.7 Å². The van der Waals surface area contributed by atoms with E-state index >= 15 is 0 Å². The molecule has 0 heterocycles. The molecule has 1 aromatic rings. The van der Waals surface area contributed by atoms with Gasteiger partial charge in [-0.25, -0.2) is 0 Å². The van der Waals surface area contributed by atoms with Crippen LogP contribution in [-0.4, -0.2) is 0 Å². The molecule has 0 aliphatic heterocycles. The first-order chi connectivity index (χ1) is 5.86. The van der Waals surface area contributed by atoms with Crippen molar-refractivity contribution in [3.63, 3.8) is 0 Å². The van der Waals surface area contributed by atoms with Gasteiger partial charge < -0.3 is 5.73 Å². The highest BCUT2D eigenvalue weighted by atomic mass is 14.5. The van der Waals surface area contributed by atoms with Gasteiger partial charge in [-0.1, -0.05) is 37.6 Å². The van der Waals surface area contributed by atoms with Gasteiger partial charge in [-0.3, -0.25) is 0 Å². The maximum atomic E-state index is 3.85. The monoisotopic (exact) mass is 164 g/mol. The smallest absolute Gasteiger partial charge is 0.0997 e. The van der Waals surface area contributed by atoms with Crippen molar-refractivity contribution in [1.29, 1.82) is 0 Å². The Hall–Kier alpha value is -0.820. The van der Waals surface area contributed by atoms with Crippen LogP contribution in [0.25, 0.3) is 0 Å². The van der Waals surface area contributed by atoms with Crippen LogP contribution in [0.2, 0.25) is 0 Å². The summed E-state index contributed by atoms with van der Waals surface area (Å²) in [4.78, 5) is 0. The van der Waals surface area contributed by atoms with Crippen molar-refractivity contribution in [1.82, 2.24) is 0 Å². The Morgan fingerprint density at radius 3 is 2.17 bits per heavy atom. The Labute approximate surface area is 74.6 Å². The van der Waals surface area contributed by atoms with E-state index in [0.717, 1.165) is 6.54 Å². The molecule has 12 heavy (non-hydrogen) atoms. The lowest BCUT2D eigenvalue weighted by Crippen LogP contribution is -2.47. The molecule has 0 aliphatic rings. The average Bonchev–Trinajstić information content (AvgIpc) is 2.15. The Bertz CT molecular complexity index is 213. The number of aryl methyl sites for hydroxylation is 1. The minimum Gasteiger partial charge on any atom is -0.354 e. The molecule has 0 aromatic heterocycles. The summed E-state index contributed by atoms with van der Waals surface area (Å²) in [7, 11) is 0. The first-order valence-electron chi connectivity index (χ1n) is 4.74. The Morgan fingerprint density at radius 2 is 1.67 bits per heavy atom. The van der Waals surface area contributed by atoms with Crippen LogP contribution in [0.1, 0.15) is 30.9 Å². The van der Waals surface area contributed by atoms with Crippen molar-refractivity contribution < 1.29 is 5.73 Å². The summed E-state index contributed by atoms with van der Waals surface area (Å²) in [6, 6.07) is 8.79. The number of hydrogen-bond acceptors (Lipinski definition) is 0. The Kier molecular flexibility index (Phi) is 3.81. The van der Waals surface area contributed by atoms with Crippen molar-refractivity contribution >= 4 is 0 Å². The summed E-state index contributed by atoms with van der Waals surface area (Å²) in [5, 5.41) is 0. The molecule has 0 unspecified atom stereocenters. The zero-order valence-electron chi connectivity index (χ0n) is 7.84. The third-order valence-electron chi connectivity index (χ3n) is 2.13. The van der Waals surface area contributed by atoms with Crippen molar-refractivity contribution in [3.05, 3.63) is 35.4 Å². The lowest BCUT2D eigenvalue weighted by Gasteiger charge is -1.99. The molecule has 0 bridgehead atoms. The van der Waals surface area contributed by atoms with E-state index in [-0.39, 0.29) is 0 Å². The maximum absolute atomic E-state index is 3.85. The Morgan fingerprint density at radius 1 is 1.08 bits per heavy atom. The van der Waals surface area contributed by atoms with Crippen LogP contribution in [0.4, 0.5) is 0 Å². The van der Waals surface area contributed by atoms with E-state index in [9.17, 15) is 0 Å². The molecule has 0 radical (unpaired) electrons. The van der Waals surface area contributed by atoms with E-state index in [1.807, 2.05) is 0 Å². The van der Waals surface area contributed by atoms with E-state index in [0.29, 0.717) is 0 Å². The van der Waals surface area contributed by atoms with E-state index < -0.39 is 0 Å². The van der Waals surface area contributed by atoms with Crippen molar-refractivity contribution in [3.8, 4) is 0 Å². The van der Waals surface area contributed by atoms with Gasteiger partial charge >= 0.3 is 0 Å². The van der Waals surface area contributed by atoms with Gasteiger partial charge in [0.05, 0.1) is 6.54 Å². The van der Waals surface area contributed by atoms with Crippen LogP contribution in [0.5, 0.6) is 0 Å². The van der Waals surface area contributed by atoms with Crippen LogP contribution in [0.3, 0.4) is 0 Å². The zero-order valence-corrected chi connectivity index (χ0v) is 7.84. The average molecular weight is 164 g/mol. The van der Waals surface area contributed by atoms with Gasteiger partial charge in [0.1, 0.15) is 0 Å². The molecule has 0 saturated carbocycles. The number of hydrogen-bond donors (Lipinski definition) is 1. The predicted octanol–water partition coefficient (Wildman–Crippen LogP) is 1.77. The third-order valence-corrected chi connectivity index (χ3v) is 2.13. The highest BCUT2D eigenvalue weighted by Crippen LogP contribution is 2.06. The molecule has 0 spiro atoms. The number of rotatable bonds is 4. The summed E-state index contributed by atoms with van der Waals surface area (Å²) in [6.07, 6.45) is 3.79. The molecule has 1 rings (SSSR count). The van der Waals surface area contributed by atoms with Gasteiger partial charge in [0.2, 0.25) is 0 Å². The first-order valence-corrected chi connectivity index (χ1v) is 4.74. The van der Waals surface area contributed by atoms with Crippen LogP contribution < -0.4 is 5.73 Å². The van der Waals surface area contributed by atoms with Crippen LogP contribution in [0.15, 0.2) is 24.3 Å². The van der Waals surface area contributed by atoms with Gasteiger partial charge in [-0.05, 0) is 18.4 Å². The predicted molar refractivity (Wildman–Crippen MR) is 51.6 cm³/mol. The maximum Gasteiger partial charge on any atom is 0.0997 e.